The van der Waals surface area contributed by atoms with Crippen LogP contribution in [0.2, 0.25) is 0 Å². The second-order valence-corrected chi connectivity index (χ2v) is 5.14. The van der Waals surface area contributed by atoms with Gasteiger partial charge in [0.25, 0.3) is 0 Å². The molecular formula is C16H28N4O2. The molecule has 0 aliphatic carbocycles. The second-order valence-electron chi connectivity index (χ2n) is 5.14. The number of carbonyl (C=O) groups is 1. The van der Waals surface area contributed by atoms with Crippen molar-refractivity contribution in [3.05, 3.63) is 35.9 Å². The molecule has 0 atom stereocenters. The maximum atomic E-state index is 11.9. The summed E-state index contributed by atoms with van der Waals surface area (Å²) in [5.74, 6) is 0.103. The Morgan fingerprint density at radius 2 is 1.64 bits per heavy atom. The van der Waals surface area contributed by atoms with Crippen LogP contribution in [0.25, 0.3) is 0 Å². The van der Waals surface area contributed by atoms with Gasteiger partial charge in [-0.25, -0.2) is 4.79 Å². The first-order valence-corrected chi connectivity index (χ1v) is 7.81. The number of nitrogens with two attached hydrogens (primary N) is 2. The number of ether oxygens (including phenoxy) is 1. The number of rotatable bonds is 12. The fourth-order valence-corrected chi connectivity index (χ4v) is 2.07. The molecule has 0 saturated carbocycles. The van der Waals surface area contributed by atoms with Gasteiger partial charge in [0.05, 0.1) is 12.2 Å². The van der Waals surface area contributed by atoms with Crippen LogP contribution in [0.5, 0.6) is 0 Å². The molecule has 124 valence electrons. The van der Waals surface area contributed by atoms with E-state index in [-0.39, 0.29) is 5.97 Å². The van der Waals surface area contributed by atoms with Crippen LogP contribution in [0.1, 0.15) is 16.8 Å². The third-order valence-electron chi connectivity index (χ3n) is 3.28. The molecule has 0 spiro atoms. The lowest BCUT2D eigenvalue weighted by molar-refractivity contribution is 0.0482. The summed E-state index contributed by atoms with van der Waals surface area (Å²) < 4.78 is 5.33. The van der Waals surface area contributed by atoms with Crippen LogP contribution >= 0.6 is 0 Å². The highest BCUT2D eigenvalue weighted by atomic mass is 16.5. The average molecular weight is 308 g/mol. The first-order valence-electron chi connectivity index (χ1n) is 7.81. The fourth-order valence-electron chi connectivity index (χ4n) is 2.07. The minimum Gasteiger partial charge on any atom is -0.462 e. The summed E-state index contributed by atoms with van der Waals surface area (Å²) in [5, 5.41) is 6.59. The van der Waals surface area contributed by atoms with E-state index >= 15 is 0 Å². The quantitative estimate of drug-likeness (QED) is 0.319. The summed E-state index contributed by atoms with van der Waals surface area (Å²) in [6, 6.07) is 9.04. The molecule has 0 aromatic heterocycles. The van der Waals surface area contributed by atoms with Gasteiger partial charge in [-0.2, -0.15) is 0 Å². The topological polar surface area (TPSA) is 102 Å². The van der Waals surface area contributed by atoms with Crippen molar-refractivity contribution in [2.24, 2.45) is 17.4 Å². The van der Waals surface area contributed by atoms with E-state index in [9.17, 15) is 4.79 Å². The van der Waals surface area contributed by atoms with Crippen molar-refractivity contribution in [1.82, 2.24) is 10.6 Å². The Kier molecular flexibility index (Phi) is 10.2. The molecule has 6 heteroatoms. The van der Waals surface area contributed by atoms with Gasteiger partial charge in [-0.15, -0.1) is 0 Å². The molecule has 0 saturated heterocycles. The largest absolute Gasteiger partial charge is 0.462 e. The molecule has 1 aromatic rings. The average Bonchev–Trinajstić information content (AvgIpc) is 2.55. The second kappa shape index (κ2) is 12.1. The first kappa shape index (κ1) is 18.6. The van der Waals surface area contributed by atoms with Gasteiger partial charge in [0, 0.05) is 26.2 Å². The van der Waals surface area contributed by atoms with Gasteiger partial charge in [-0.3, -0.25) is 0 Å². The summed E-state index contributed by atoms with van der Waals surface area (Å²) in [6.07, 6.45) is 0.799. The van der Waals surface area contributed by atoms with Crippen molar-refractivity contribution in [1.29, 1.82) is 0 Å². The molecule has 0 aliphatic heterocycles. The van der Waals surface area contributed by atoms with Crippen molar-refractivity contribution < 1.29 is 9.53 Å². The number of nitrogens with one attached hydrogen (secondary N) is 2. The molecule has 0 fully saturated rings. The summed E-state index contributed by atoms with van der Waals surface area (Å²) in [5.41, 5.74) is 11.5. The molecule has 0 aliphatic rings. The van der Waals surface area contributed by atoms with Gasteiger partial charge in [-0.05, 0) is 37.6 Å². The Balaban J connectivity index is 2.29. The number of hydrogen-bond acceptors (Lipinski definition) is 6. The Labute approximate surface area is 132 Å². The molecule has 0 heterocycles. The van der Waals surface area contributed by atoms with Gasteiger partial charge in [0.1, 0.15) is 0 Å². The van der Waals surface area contributed by atoms with Gasteiger partial charge in [-0.1, -0.05) is 18.2 Å². The highest BCUT2D eigenvalue weighted by Crippen LogP contribution is 2.05. The third-order valence-corrected chi connectivity index (χ3v) is 3.28. The summed E-state index contributed by atoms with van der Waals surface area (Å²) >= 11 is 0. The smallest absolute Gasteiger partial charge is 0.338 e. The summed E-state index contributed by atoms with van der Waals surface area (Å²) in [4.78, 5) is 11.9. The molecule has 0 bridgehead atoms. The normalized spacial score (nSPS) is 10.9. The van der Waals surface area contributed by atoms with Crippen LogP contribution in [0, 0.1) is 5.92 Å². The number of benzene rings is 1. The van der Waals surface area contributed by atoms with Gasteiger partial charge >= 0.3 is 5.97 Å². The molecule has 22 heavy (non-hydrogen) atoms. The molecule has 1 rings (SSSR count). The minimum absolute atomic E-state index is 0.274. The molecule has 0 radical (unpaired) electrons. The molecule has 1 aromatic carbocycles. The zero-order chi connectivity index (χ0) is 16.0. The van der Waals surface area contributed by atoms with Gasteiger partial charge in [0.2, 0.25) is 0 Å². The zero-order valence-corrected chi connectivity index (χ0v) is 13.1. The van der Waals surface area contributed by atoms with Crippen LogP contribution in [-0.2, 0) is 4.74 Å². The predicted octanol–water partition coefficient (Wildman–Crippen LogP) is -0.0537. The van der Waals surface area contributed by atoms with Crippen molar-refractivity contribution in [2.75, 3.05) is 45.9 Å². The number of carbonyl (C=O) groups excluding carboxylic acids is 1. The van der Waals surface area contributed by atoms with Crippen LogP contribution in [-0.4, -0.2) is 51.8 Å². The van der Waals surface area contributed by atoms with Crippen LogP contribution in [0.3, 0.4) is 0 Å². The molecule has 0 unspecified atom stereocenters. The Bertz CT molecular complexity index is 390. The number of esters is 1. The first-order chi connectivity index (χ1) is 10.8. The van der Waals surface area contributed by atoms with Crippen molar-refractivity contribution in [3.8, 4) is 0 Å². The lowest BCUT2D eigenvalue weighted by atomic mass is 10.1. The molecule has 6 nitrogen and oxygen atoms in total. The highest BCUT2D eigenvalue weighted by Gasteiger charge is 2.11. The minimum atomic E-state index is -0.274. The van der Waals surface area contributed by atoms with Gasteiger partial charge < -0.3 is 26.8 Å². The Morgan fingerprint density at radius 1 is 1.05 bits per heavy atom. The zero-order valence-electron chi connectivity index (χ0n) is 13.1. The predicted molar refractivity (Wildman–Crippen MR) is 88.7 cm³/mol. The van der Waals surface area contributed by atoms with Crippen molar-refractivity contribution in [2.45, 2.75) is 6.42 Å². The monoisotopic (exact) mass is 308 g/mol. The van der Waals surface area contributed by atoms with E-state index in [1.807, 2.05) is 18.2 Å². The van der Waals surface area contributed by atoms with Crippen molar-refractivity contribution in [3.63, 3.8) is 0 Å². The Hall–Kier alpha value is -1.47. The lowest BCUT2D eigenvalue weighted by Crippen LogP contribution is -2.36. The van der Waals surface area contributed by atoms with E-state index in [0.29, 0.717) is 31.2 Å². The molecule has 0 amide bonds. The van der Waals surface area contributed by atoms with E-state index in [4.69, 9.17) is 16.2 Å². The van der Waals surface area contributed by atoms with Crippen molar-refractivity contribution >= 4 is 5.97 Å². The van der Waals surface area contributed by atoms with E-state index in [0.717, 1.165) is 32.6 Å². The summed E-state index contributed by atoms with van der Waals surface area (Å²) in [7, 11) is 0. The lowest BCUT2D eigenvalue weighted by Gasteiger charge is -2.18. The van der Waals surface area contributed by atoms with E-state index in [1.165, 1.54) is 0 Å². The van der Waals surface area contributed by atoms with Crippen LogP contribution < -0.4 is 22.1 Å². The van der Waals surface area contributed by atoms with E-state index < -0.39 is 0 Å². The molecular weight excluding hydrogens is 280 g/mol. The van der Waals surface area contributed by atoms with Crippen LogP contribution in [0.4, 0.5) is 0 Å². The SMILES string of the molecule is NCCNCC(CCOC(=O)c1ccccc1)CNCCN. The number of hydrogen-bond donors (Lipinski definition) is 4. The molecule has 6 N–H and O–H groups in total. The third kappa shape index (κ3) is 8.09. The standard InChI is InChI=1S/C16H28N4O2/c17-7-9-19-12-14(13-20-10-8-18)6-11-22-16(21)15-4-2-1-3-5-15/h1-5,14,19-20H,6-13,17-18H2. The summed E-state index contributed by atoms with van der Waals surface area (Å²) in [6.45, 7) is 4.91. The maximum Gasteiger partial charge on any atom is 0.338 e. The van der Waals surface area contributed by atoms with E-state index in [1.54, 1.807) is 12.1 Å². The van der Waals surface area contributed by atoms with E-state index in [2.05, 4.69) is 10.6 Å². The Morgan fingerprint density at radius 3 is 2.18 bits per heavy atom. The highest BCUT2D eigenvalue weighted by molar-refractivity contribution is 5.89. The maximum absolute atomic E-state index is 11.9. The fraction of sp³-hybridized carbons (Fsp3) is 0.562. The van der Waals surface area contributed by atoms with Gasteiger partial charge in [0.15, 0.2) is 0 Å². The van der Waals surface area contributed by atoms with Crippen LogP contribution in [0.15, 0.2) is 30.3 Å².